The highest BCUT2D eigenvalue weighted by Gasteiger charge is 2.36. The molecule has 2 aromatic carbocycles. The molecular weight excluding hydrogens is 396 g/mol. The van der Waals surface area contributed by atoms with Crippen molar-refractivity contribution in [1.82, 2.24) is 9.62 Å². The van der Waals surface area contributed by atoms with Crippen LogP contribution in [0.2, 0.25) is 5.02 Å². The van der Waals surface area contributed by atoms with Gasteiger partial charge in [-0.25, -0.2) is 8.42 Å². The Morgan fingerprint density at radius 2 is 1.75 bits per heavy atom. The standard InChI is InChI=1S/C21H25ClN2O3S/c22-18-11-13-19(14-12-18)28(26,27)24(20-10-4-5-15-23-21(20)25)16-6-9-17-7-2-1-3-8-17/h1-3,7-8,11-14,20H,4-6,9-10,15-16H2,(H,23,25)/t20-/m1/s1. The molecule has 1 N–H and O–H groups in total. The van der Waals surface area contributed by atoms with E-state index < -0.39 is 16.1 Å². The number of sulfonamides is 1. The van der Waals surface area contributed by atoms with Crippen molar-refractivity contribution in [3.8, 4) is 0 Å². The molecule has 1 saturated heterocycles. The molecule has 1 heterocycles. The summed E-state index contributed by atoms with van der Waals surface area (Å²) in [7, 11) is -3.81. The molecule has 1 aliphatic rings. The van der Waals surface area contributed by atoms with E-state index in [4.69, 9.17) is 11.6 Å². The maximum absolute atomic E-state index is 13.3. The Morgan fingerprint density at radius 3 is 2.46 bits per heavy atom. The molecule has 0 spiro atoms. The third-order valence-corrected chi connectivity index (χ3v) is 7.14. The van der Waals surface area contributed by atoms with E-state index >= 15 is 0 Å². The van der Waals surface area contributed by atoms with Gasteiger partial charge in [-0.05, 0) is 61.9 Å². The minimum absolute atomic E-state index is 0.161. The molecule has 0 saturated carbocycles. The fourth-order valence-corrected chi connectivity index (χ4v) is 5.25. The van der Waals surface area contributed by atoms with Gasteiger partial charge >= 0.3 is 0 Å². The molecule has 0 radical (unpaired) electrons. The van der Waals surface area contributed by atoms with Gasteiger partial charge in [0, 0.05) is 18.1 Å². The van der Waals surface area contributed by atoms with Gasteiger partial charge in [0.2, 0.25) is 15.9 Å². The van der Waals surface area contributed by atoms with Crippen LogP contribution in [0.25, 0.3) is 0 Å². The van der Waals surface area contributed by atoms with Crippen LogP contribution in [0.15, 0.2) is 59.5 Å². The molecule has 0 bridgehead atoms. The third-order valence-electron chi connectivity index (χ3n) is 4.96. The van der Waals surface area contributed by atoms with Gasteiger partial charge in [-0.15, -0.1) is 0 Å². The molecule has 150 valence electrons. The largest absolute Gasteiger partial charge is 0.355 e. The number of aryl methyl sites for hydroxylation is 1. The fraction of sp³-hybridized carbons (Fsp3) is 0.381. The van der Waals surface area contributed by atoms with Gasteiger partial charge in [-0.1, -0.05) is 41.9 Å². The summed E-state index contributed by atoms with van der Waals surface area (Å²) in [6, 6.07) is 15.4. The molecular formula is C21H25ClN2O3S. The Morgan fingerprint density at radius 1 is 1.04 bits per heavy atom. The number of halogens is 1. The van der Waals surface area contributed by atoms with E-state index in [9.17, 15) is 13.2 Å². The number of benzene rings is 2. The second-order valence-corrected chi connectivity index (χ2v) is 9.29. The molecule has 1 amide bonds. The number of amides is 1. The number of carbonyl (C=O) groups excluding carboxylic acids is 1. The first-order valence-electron chi connectivity index (χ1n) is 9.57. The van der Waals surface area contributed by atoms with Gasteiger partial charge in [0.25, 0.3) is 0 Å². The normalized spacial score (nSPS) is 17.9. The van der Waals surface area contributed by atoms with Crippen LogP contribution >= 0.6 is 11.6 Å². The van der Waals surface area contributed by atoms with E-state index in [1.54, 1.807) is 12.1 Å². The number of hydrogen-bond acceptors (Lipinski definition) is 3. The van der Waals surface area contributed by atoms with Crippen LogP contribution in [0, 0.1) is 0 Å². The van der Waals surface area contributed by atoms with Crippen LogP contribution in [-0.2, 0) is 21.2 Å². The molecule has 28 heavy (non-hydrogen) atoms. The first kappa shape index (κ1) is 20.8. The zero-order chi connectivity index (χ0) is 20.0. The lowest BCUT2D eigenvalue weighted by atomic mass is 10.1. The summed E-state index contributed by atoms with van der Waals surface area (Å²) in [6.07, 6.45) is 3.60. The van der Waals surface area contributed by atoms with Crippen molar-refractivity contribution in [2.45, 2.75) is 43.0 Å². The highest BCUT2D eigenvalue weighted by molar-refractivity contribution is 7.89. The minimum atomic E-state index is -3.81. The first-order chi connectivity index (χ1) is 13.5. The van der Waals surface area contributed by atoms with Crippen LogP contribution in [0.3, 0.4) is 0 Å². The minimum Gasteiger partial charge on any atom is -0.355 e. The van der Waals surface area contributed by atoms with Crippen molar-refractivity contribution in [3.05, 3.63) is 65.2 Å². The summed E-state index contributed by atoms with van der Waals surface area (Å²) < 4.78 is 28.1. The second-order valence-electron chi connectivity index (χ2n) is 6.96. The maximum atomic E-state index is 13.3. The highest BCUT2D eigenvalue weighted by atomic mass is 35.5. The smallest absolute Gasteiger partial charge is 0.243 e. The van der Waals surface area contributed by atoms with Crippen molar-refractivity contribution in [2.24, 2.45) is 0 Å². The van der Waals surface area contributed by atoms with Gasteiger partial charge in [0.15, 0.2) is 0 Å². The van der Waals surface area contributed by atoms with Crippen molar-refractivity contribution >= 4 is 27.5 Å². The van der Waals surface area contributed by atoms with E-state index in [0.29, 0.717) is 24.4 Å². The number of hydrogen-bond donors (Lipinski definition) is 1. The molecule has 1 aliphatic heterocycles. The van der Waals surface area contributed by atoms with Crippen molar-refractivity contribution < 1.29 is 13.2 Å². The molecule has 0 aromatic heterocycles. The Labute approximate surface area is 171 Å². The van der Waals surface area contributed by atoms with E-state index in [1.807, 2.05) is 30.3 Å². The topological polar surface area (TPSA) is 66.5 Å². The van der Waals surface area contributed by atoms with Crippen LogP contribution < -0.4 is 5.32 Å². The Balaban J connectivity index is 1.84. The molecule has 3 rings (SSSR count). The average molecular weight is 421 g/mol. The maximum Gasteiger partial charge on any atom is 0.243 e. The number of nitrogens with one attached hydrogen (secondary N) is 1. The van der Waals surface area contributed by atoms with E-state index in [1.165, 1.54) is 16.4 Å². The lowest BCUT2D eigenvalue weighted by Gasteiger charge is -2.29. The lowest BCUT2D eigenvalue weighted by molar-refractivity contribution is -0.124. The van der Waals surface area contributed by atoms with Crippen LogP contribution in [0.5, 0.6) is 0 Å². The first-order valence-corrected chi connectivity index (χ1v) is 11.4. The van der Waals surface area contributed by atoms with Gasteiger partial charge in [-0.2, -0.15) is 4.31 Å². The summed E-state index contributed by atoms with van der Waals surface area (Å²) in [5, 5.41) is 3.32. The second kappa shape index (κ2) is 9.54. The van der Waals surface area contributed by atoms with Crippen molar-refractivity contribution in [3.63, 3.8) is 0 Å². The third kappa shape index (κ3) is 5.13. The predicted octanol–water partition coefficient (Wildman–Crippen LogP) is 3.63. The van der Waals surface area contributed by atoms with Gasteiger partial charge in [-0.3, -0.25) is 4.79 Å². The van der Waals surface area contributed by atoms with Crippen molar-refractivity contribution in [1.29, 1.82) is 0 Å². The van der Waals surface area contributed by atoms with Crippen LogP contribution in [0.4, 0.5) is 0 Å². The summed E-state index contributed by atoms with van der Waals surface area (Å²) in [6.45, 7) is 0.881. The Kier molecular flexibility index (Phi) is 7.10. The van der Waals surface area contributed by atoms with E-state index in [-0.39, 0.29) is 17.3 Å². The zero-order valence-electron chi connectivity index (χ0n) is 15.7. The summed E-state index contributed by atoms with van der Waals surface area (Å²) in [5.41, 5.74) is 1.15. The van der Waals surface area contributed by atoms with Gasteiger partial charge in [0.05, 0.1) is 4.90 Å². The van der Waals surface area contributed by atoms with Crippen molar-refractivity contribution in [2.75, 3.05) is 13.1 Å². The Hall–Kier alpha value is -1.89. The highest BCUT2D eigenvalue weighted by Crippen LogP contribution is 2.24. The molecule has 0 unspecified atom stereocenters. The molecule has 0 aliphatic carbocycles. The van der Waals surface area contributed by atoms with Gasteiger partial charge in [0.1, 0.15) is 6.04 Å². The number of carbonyl (C=O) groups is 1. The predicted molar refractivity (Wildman–Crippen MR) is 111 cm³/mol. The molecule has 2 aromatic rings. The molecule has 7 heteroatoms. The quantitative estimate of drug-likeness (QED) is 0.743. The molecule has 5 nitrogen and oxygen atoms in total. The van der Waals surface area contributed by atoms with E-state index in [2.05, 4.69) is 5.32 Å². The monoisotopic (exact) mass is 420 g/mol. The molecule has 1 atom stereocenters. The number of rotatable bonds is 7. The zero-order valence-corrected chi connectivity index (χ0v) is 17.3. The number of nitrogens with zero attached hydrogens (tertiary/aromatic N) is 1. The fourth-order valence-electron chi connectivity index (χ4n) is 3.47. The summed E-state index contributed by atoms with van der Waals surface area (Å²) in [4.78, 5) is 12.7. The Bertz CT molecular complexity index is 886. The van der Waals surface area contributed by atoms with Crippen LogP contribution in [-0.4, -0.2) is 37.8 Å². The molecule has 1 fully saturated rings. The van der Waals surface area contributed by atoms with E-state index in [0.717, 1.165) is 24.8 Å². The summed E-state index contributed by atoms with van der Waals surface area (Å²) in [5.74, 6) is -0.213. The van der Waals surface area contributed by atoms with Gasteiger partial charge < -0.3 is 5.32 Å². The lowest BCUT2D eigenvalue weighted by Crippen LogP contribution is -2.49. The average Bonchev–Trinajstić information content (AvgIpc) is 2.90. The van der Waals surface area contributed by atoms with Crippen LogP contribution in [0.1, 0.15) is 31.2 Å². The SMILES string of the molecule is O=C1NCCCC[C@H]1N(CCCc1ccccc1)S(=O)(=O)c1ccc(Cl)cc1. The summed E-state index contributed by atoms with van der Waals surface area (Å²) >= 11 is 5.91.